The highest BCUT2D eigenvalue weighted by Gasteiger charge is 2.26. The van der Waals surface area contributed by atoms with Gasteiger partial charge in [0.15, 0.2) is 0 Å². The second-order valence-electron chi connectivity index (χ2n) is 6.48. The predicted octanol–water partition coefficient (Wildman–Crippen LogP) is 2.31. The Hall–Kier alpha value is -2.63. The number of para-hydroxylation sites is 1. The standard InChI is InChI=1S/C19H25N5O/c1-15(13-22-17-5-3-2-4-6-17)23-19(25)16-7-11-24(12-8-16)18-14-20-9-10-21-18/h2-6,9-10,14-16,22H,7-8,11-13H2,1H3,(H,23,25)/t15-/m1/s1. The van der Waals surface area contributed by atoms with Crippen molar-refractivity contribution in [2.75, 3.05) is 29.9 Å². The van der Waals surface area contributed by atoms with E-state index in [2.05, 4.69) is 25.5 Å². The Morgan fingerprint density at radius 3 is 2.68 bits per heavy atom. The van der Waals surface area contributed by atoms with Crippen LogP contribution in [0.5, 0.6) is 0 Å². The molecule has 1 saturated heterocycles. The average Bonchev–Trinajstić information content (AvgIpc) is 2.68. The molecule has 2 heterocycles. The number of nitrogens with one attached hydrogen (secondary N) is 2. The van der Waals surface area contributed by atoms with E-state index in [0.29, 0.717) is 6.54 Å². The fourth-order valence-electron chi connectivity index (χ4n) is 3.06. The Morgan fingerprint density at radius 1 is 1.24 bits per heavy atom. The third-order valence-corrected chi connectivity index (χ3v) is 4.51. The minimum Gasteiger partial charge on any atom is -0.383 e. The molecule has 0 saturated carbocycles. The van der Waals surface area contributed by atoms with Gasteiger partial charge in [0.1, 0.15) is 5.82 Å². The van der Waals surface area contributed by atoms with E-state index >= 15 is 0 Å². The van der Waals surface area contributed by atoms with Gasteiger partial charge < -0.3 is 15.5 Å². The first-order chi connectivity index (χ1) is 12.2. The summed E-state index contributed by atoms with van der Waals surface area (Å²) in [5.41, 5.74) is 1.07. The SMILES string of the molecule is C[C@H](CNc1ccccc1)NC(=O)C1CCN(c2cnccn2)CC1. The van der Waals surface area contributed by atoms with E-state index in [1.54, 1.807) is 18.6 Å². The predicted molar refractivity (Wildman–Crippen MR) is 99.5 cm³/mol. The molecule has 6 nitrogen and oxygen atoms in total. The van der Waals surface area contributed by atoms with Crippen molar-refractivity contribution in [1.29, 1.82) is 0 Å². The van der Waals surface area contributed by atoms with Crippen molar-refractivity contribution in [3.63, 3.8) is 0 Å². The zero-order valence-electron chi connectivity index (χ0n) is 14.6. The number of rotatable bonds is 6. The maximum atomic E-state index is 12.5. The van der Waals surface area contributed by atoms with Crippen LogP contribution in [0.2, 0.25) is 0 Å². The third-order valence-electron chi connectivity index (χ3n) is 4.51. The lowest BCUT2D eigenvalue weighted by molar-refractivity contribution is -0.126. The van der Waals surface area contributed by atoms with Crippen LogP contribution in [0.25, 0.3) is 0 Å². The summed E-state index contributed by atoms with van der Waals surface area (Å²) in [5, 5.41) is 6.47. The fraction of sp³-hybridized carbons (Fsp3) is 0.421. The minimum absolute atomic E-state index is 0.0760. The lowest BCUT2D eigenvalue weighted by atomic mass is 9.95. The van der Waals surface area contributed by atoms with Gasteiger partial charge in [-0.2, -0.15) is 0 Å². The summed E-state index contributed by atoms with van der Waals surface area (Å²) in [5.74, 6) is 1.12. The maximum absolute atomic E-state index is 12.5. The van der Waals surface area contributed by atoms with Gasteiger partial charge in [-0.3, -0.25) is 9.78 Å². The first-order valence-electron chi connectivity index (χ1n) is 8.82. The number of hydrogen-bond acceptors (Lipinski definition) is 5. The number of carbonyl (C=O) groups excluding carboxylic acids is 1. The number of piperidine rings is 1. The number of nitrogens with zero attached hydrogens (tertiary/aromatic N) is 3. The Kier molecular flexibility index (Phi) is 5.82. The van der Waals surface area contributed by atoms with E-state index in [9.17, 15) is 4.79 Å². The smallest absolute Gasteiger partial charge is 0.223 e. The van der Waals surface area contributed by atoms with E-state index < -0.39 is 0 Å². The molecule has 0 radical (unpaired) electrons. The van der Waals surface area contributed by atoms with Gasteiger partial charge >= 0.3 is 0 Å². The quantitative estimate of drug-likeness (QED) is 0.845. The Labute approximate surface area is 148 Å². The van der Waals surface area contributed by atoms with E-state index in [-0.39, 0.29) is 17.9 Å². The molecule has 1 atom stereocenters. The highest BCUT2D eigenvalue weighted by molar-refractivity contribution is 5.79. The highest BCUT2D eigenvalue weighted by atomic mass is 16.1. The first kappa shape index (κ1) is 17.2. The molecule has 3 rings (SSSR count). The van der Waals surface area contributed by atoms with Crippen LogP contribution in [-0.2, 0) is 4.79 Å². The van der Waals surface area contributed by atoms with Crippen molar-refractivity contribution in [3.8, 4) is 0 Å². The van der Waals surface area contributed by atoms with Gasteiger partial charge in [-0.25, -0.2) is 4.98 Å². The molecular weight excluding hydrogens is 314 g/mol. The van der Waals surface area contributed by atoms with Crippen LogP contribution in [0.3, 0.4) is 0 Å². The van der Waals surface area contributed by atoms with Crippen LogP contribution in [0.1, 0.15) is 19.8 Å². The molecule has 6 heteroatoms. The number of anilines is 2. The molecule has 0 spiro atoms. The Balaban J connectivity index is 1.41. The summed E-state index contributed by atoms with van der Waals surface area (Å²) in [6.07, 6.45) is 6.85. The zero-order valence-corrected chi connectivity index (χ0v) is 14.6. The van der Waals surface area contributed by atoms with Crippen LogP contribution in [0.15, 0.2) is 48.9 Å². The molecule has 1 fully saturated rings. The van der Waals surface area contributed by atoms with Crippen LogP contribution < -0.4 is 15.5 Å². The van der Waals surface area contributed by atoms with Crippen molar-refractivity contribution in [2.45, 2.75) is 25.8 Å². The third kappa shape index (κ3) is 4.92. The average molecular weight is 339 g/mol. The monoisotopic (exact) mass is 339 g/mol. The molecule has 1 aromatic heterocycles. The lowest BCUT2D eigenvalue weighted by Crippen LogP contribution is -2.45. The van der Waals surface area contributed by atoms with E-state index in [4.69, 9.17) is 0 Å². The molecule has 1 aromatic carbocycles. The molecule has 2 N–H and O–H groups in total. The second kappa shape index (κ2) is 8.46. The first-order valence-corrected chi connectivity index (χ1v) is 8.82. The van der Waals surface area contributed by atoms with Crippen molar-refractivity contribution >= 4 is 17.4 Å². The van der Waals surface area contributed by atoms with Gasteiger partial charge in [0.25, 0.3) is 0 Å². The van der Waals surface area contributed by atoms with Gasteiger partial charge in [-0.05, 0) is 31.9 Å². The zero-order chi connectivity index (χ0) is 17.5. The molecular formula is C19H25N5O. The molecule has 0 aliphatic carbocycles. The minimum atomic E-state index is 0.0760. The Bertz CT molecular complexity index is 656. The summed E-state index contributed by atoms with van der Waals surface area (Å²) >= 11 is 0. The molecule has 0 unspecified atom stereocenters. The summed E-state index contributed by atoms with van der Waals surface area (Å²) in [6.45, 7) is 4.43. The van der Waals surface area contributed by atoms with Gasteiger partial charge in [0.05, 0.1) is 6.20 Å². The molecule has 1 aliphatic heterocycles. The van der Waals surface area contributed by atoms with Crippen molar-refractivity contribution < 1.29 is 4.79 Å². The van der Waals surface area contributed by atoms with Crippen molar-refractivity contribution in [2.24, 2.45) is 5.92 Å². The number of benzene rings is 1. The molecule has 1 amide bonds. The topological polar surface area (TPSA) is 70.2 Å². The normalized spacial score (nSPS) is 16.3. The summed E-state index contributed by atoms with van der Waals surface area (Å²) < 4.78 is 0. The number of carbonyl (C=O) groups is 1. The highest BCUT2D eigenvalue weighted by Crippen LogP contribution is 2.21. The van der Waals surface area contributed by atoms with E-state index in [1.807, 2.05) is 37.3 Å². The molecule has 25 heavy (non-hydrogen) atoms. The van der Waals surface area contributed by atoms with Crippen LogP contribution in [0, 0.1) is 5.92 Å². The summed E-state index contributed by atoms with van der Waals surface area (Å²) in [4.78, 5) is 23.1. The summed E-state index contributed by atoms with van der Waals surface area (Å²) in [6, 6.07) is 10.1. The maximum Gasteiger partial charge on any atom is 0.223 e. The lowest BCUT2D eigenvalue weighted by Gasteiger charge is -2.32. The molecule has 132 valence electrons. The van der Waals surface area contributed by atoms with E-state index in [1.165, 1.54) is 0 Å². The van der Waals surface area contributed by atoms with Crippen LogP contribution >= 0.6 is 0 Å². The van der Waals surface area contributed by atoms with Gasteiger partial charge in [-0.15, -0.1) is 0 Å². The number of amides is 1. The molecule has 0 bridgehead atoms. The van der Waals surface area contributed by atoms with Crippen molar-refractivity contribution in [3.05, 3.63) is 48.9 Å². The largest absolute Gasteiger partial charge is 0.383 e. The van der Waals surface area contributed by atoms with Crippen LogP contribution in [0.4, 0.5) is 11.5 Å². The number of aromatic nitrogens is 2. The Morgan fingerprint density at radius 2 is 2.00 bits per heavy atom. The molecule has 2 aromatic rings. The fourth-order valence-corrected chi connectivity index (χ4v) is 3.06. The summed E-state index contributed by atoms with van der Waals surface area (Å²) in [7, 11) is 0. The van der Waals surface area contributed by atoms with Crippen molar-refractivity contribution in [1.82, 2.24) is 15.3 Å². The second-order valence-corrected chi connectivity index (χ2v) is 6.48. The number of hydrogen-bond donors (Lipinski definition) is 2. The van der Waals surface area contributed by atoms with Gasteiger partial charge in [0, 0.05) is 49.7 Å². The van der Waals surface area contributed by atoms with E-state index in [0.717, 1.165) is 37.4 Å². The van der Waals surface area contributed by atoms with Gasteiger partial charge in [0.2, 0.25) is 5.91 Å². The van der Waals surface area contributed by atoms with Gasteiger partial charge in [-0.1, -0.05) is 18.2 Å². The molecule has 1 aliphatic rings. The van der Waals surface area contributed by atoms with Crippen LogP contribution in [-0.4, -0.2) is 41.6 Å².